The Morgan fingerprint density at radius 3 is 2.62 bits per heavy atom. The van der Waals surface area contributed by atoms with Crippen molar-refractivity contribution in [2.75, 3.05) is 26.2 Å². The lowest BCUT2D eigenvalue weighted by Crippen LogP contribution is -2.45. The van der Waals surface area contributed by atoms with E-state index in [0.29, 0.717) is 10.0 Å². The number of hydrogen-bond donors (Lipinski definition) is 1. The van der Waals surface area contributed by atoms with E-state index >= 15 is 0 Å². The molecule has 1 aromatic carbocycles. The fourth-order valence-electron chi connectivity index (χ4n) is 2.79. The SMILES string of the molecule is Clc1ccc(C(c2cccnc2)N2CCNCC2)c(Cl)c1. The molecule has 1 N–H and O–H groups in total. The molecule has 0 saturated carbocycles. The number of halogens is 2. The second kappa shape index (κ2) is 6.75. The minimum Gasteiger partial charge on any atom is -0.314 e. The molecule has 1 saturated heterocycles. The average molecular weight is 322 g/mol. The largest absolute Gasteiger partial charge is 0.314 e. The van der Waals surface area contributed by atoms with Gasteiger partial charge in [-0.25, -0.2) is 0 Å². The van der Waals surface area contributed by atoms with E-state index < -0.39 is 0 Å². The first kappa shape index (κ1) is 14.8. The summed E-state index contributed by atoms with van der Waals surface area (Å²) in [7, 11) is 0. The molecule has 0 radical (unpaired) electrons. The summed E-state index contributed by atoms with van der Waals surface area (Å²) < 4.78 is 0. The molecular weight excluding hydrogens is 305 g/mol. The van der Waals surface area contributed by atoms with Gasteiger partial charge in [-0.05, 0) is 29.3 Å². The lowest BCUT2D eigenvalue weighted by atomic mass is 9.97. The van der Waals surface area contributed by atoms with E-state index in [1.165, 1.54) is 0 Å². The summed E-state index contributed by atoms with van der Waals surface area (Å²) in [4.78, 5) is 6.69. The van der Waals surface area contributed by atoms with E-state index in [1.807, 2.05) is 30.5 Å². The van der Waals surface area contributed by atoms with Gasteiger partial charge in [-0.2, -0.15) is 0 Å². The molecule has 1 unspecified atom stereocenters. The van der Waals surface area contributed by atoms with E-state index in [4.69, 9.17) is 23.2 Å². The Morgan fingerprint density at radius 1 is 1.14 bits per heavy atom. The van der Waals surface area contributed by atoms with Crippen molar-refractivity contribution in [3.8, 4) is 0 Å². The van der Waals surface area contributed by atoms with Gasteiger partial charge < -0.3 is 5.32 Å². The van der Waals surface area contributed by atoms with E-state index in [2.05, 4.69) is 21.3 Å². The molecule has 0 spiro atoms. The van der Waals surface area contributed by atoms with Crippen molar-refractivity contribution in [3.05, 3.63) is 63.9 Å². The second-order valence-electron chi connectivity index (χ2n) is 5.14. The van der Waals surface area contributed by atoms with Crippen LogP contribution in [-0.2, 0) is 0 Å². The van der Waals surface area contributed by atoms with Crippen molar-refractivity contribution >= 4 is 23.2 Å². The van der Waals surface area contributed by atoms with E-state index in [0.717, 1.165) is 37.3 Å². The van der Waals surface area contributed by atoms with Crippen molar-refractivity contribution in [1.29, 1.82) is 0 Å². The molecule has 5 heteroatoms. The Kier molecular flexibility index (Phi) is 4.76. The van der Waals surface area contributed by atoms with E-state index in [1.54, 1.807) is 6.20 Å². The molecule has 1 aliphatic heterocycles. The molecule has 3 nitrogen and oxygen atoms in total. The summed E-state index contributed by atoms with van der Waals surface area (Å²) in [6, 6.07) is 9.91. The smallest absolute Gasteiger partial charge is 0.0632 e. The molecule has 1 atom stereocenters. The van der Waals surface area contributed by atoms with Crippen LogP contribution in [0, 0.1) is 0 Å². The minimum absolute atomic E-state index is 0.116. The number of nitrogens with one attached hydrogen (secondary N) is 1. The lowest BCUT2D eigenvalue weighted by Gasteiger charge is -2.35. The maximum atomic E-state index is 6.45. The van der Waals surface area contributed by atoms with Gasteiger partial charge >= 0.3 is 0 Å². The Labute approximate surface area is 134 Å². The average Bonchev–Trinajstić information content (AvgIpc) is 2.52. The van der Waals surface area contributed by atoms with Crippen LogP contribution in [0.5, 0.6) is 0 Å². The summed E-state index contributed by atoms with van der Waals surface area (Å²) in [5, 5.41) is 4.75. The number of nitrogens with zero attached hydrogens (tertiary/aromatic N) is 2. The predicted molar refractivity (Wildman–Crippen MR) is 87.0 cm³/mol. The normalized spacial score (nSPS) is 17.6. The zero-order valence-corrected chi connectivity index (χ0v) is 13.1. The molecule has 3 rings (SSSR count). The molecule has 1 fully saturated rings. The fraction of sp³-hybridized carbons (Fsp3) is 0.312. The van der Waals surface area contributed by atoms with Crippen LogP contribution >= 0.6 is 23.2 Å². The molecule has 1 aromatic heterocycles. The van der Waals surface area contributed by atoms with Crippen LogP contribution in [0.25, 0.3) is 0 Å². The quantitative estimate of drug-likeness (QED) is 0.939. The molecule has 21 heavy (non-hydrogen) atoms. The zero-order chi connectivity index (χ0) is 14.7. The van der Waals surface area contributed by atoms with Crippen molar-refractivity contribution in [2.24, 2.45) is 0 Å². The van der Waals surface area contributed by atoms with Gasteiger partial charge in [0.05, 0.1) is 6.04 Å². The molecule has 0 aliphatic carbocycles. The van der Waals surface area contributed by atoms with Crippen LogP contribution in [0.1, 0.15) is 17.2 Å². The standard InChI is InChI=1S/C16H17Cl2N3/c17-13-3-4-14(15(18)10-13)16(12-2-1-5-20-11-12)21-8-6-19-7-9-21/h1-5,10-11,16,19H,6-9H2. The van der Waals surface area contributed by atoms with E-state index in [-0.39, 0.29) is 6.04 Å². The van der Waals surface area contributed by atoms with Gasteiger partial charge in [0.2, 0.25) is 0 Å². The number of pyridine rings is 1. The molecule has 0 amide bonds. The van der Waals surface area contributed by atoms with Crippen molar-refractivity contribution in [3.63, 3.8) is 0 Å². The summed E-state index contributed by atoms with van der Waals surface area (Å²) in [6.07, 6.45) is 3.71. The highest BCUT2D eigenvalue weighted by atomic mass is 35.5. The Hall–Kier alpha value is -1.13. The predicted octanol–water partition coefficient (Wildman–Crippen LogP) is 3.38. The van der Waals surface area contributed by atoms with Gasteiger partial charge in [0.1, 0.15) is 0 Å². The van der Waals surface area contributed by atoms with Crippen molar-refractivity contribution < 1.29 is 0 Å². The summed E-state index contributed by atoms with van der Waals surface area (Å²) >= 11 is 12.5. The maximum absolute atomic E-state index is 6.45. The lowest BCUT2D eigenvalue weighted by molar-refractivity contribution is 0.198. The number of piperazine rings is 1. The first-order chi connectivity index (χ1) is 10.3. The topological polar surface area (TPSA) is 28.2 Å². The fourth-order valence-corrected chi connectivity index (χ4v) is 3.30. The first-order valence-corrected chi connectivity index (χ1v) is 7.81. The second-order valence-corrected chi connectivity index (χ2v) is 5.98. The number of rotatable bonds is 3. The summed E-state index contributed by atoms with van der Waals surface area (Å²) in [5.41, 5.74) is 2.24. The molecule has 2 heterocycles. The van der Waals surface area contributed by atoms with Crippen molar-refractivity contribution in [2.45, 2.75) is 6.04 Å². The molecule has 0 bridgehead atoms. The van der Waals surface area contributed by atoms with Gasteiger partial charge in [0, 0.05) is 48.6 Å². The summed E-state index contributed by atoms with van der Waals surface area (Å²) in [5.74, 6) is 0. The third-order valence-corrected chi connectivity index (χ3v) is 4.34. The number of benzene rings is 1. The van der Waals surface area contributed by atoms with Gasteiger partial charge in [-0.1, -0.05) is 35.3 Å². The highest BCUT2D eigenvalue weighted by molar-refractivity contribution is 6.35. The van der Waals surface area contributed by atoms with Crippen LogP contribution in [0.4, 0.5) is 0 Å². The first-order valence-electron chi connectivity index (χ1n) is 7.05. The Bertz CT molecular complexity index is 598. The van der Waals surface area contributed by atoms with Crippen LogP contribution in [0.2, 0.25) is 10.0 Å². The van der Waals surface area contributed by atoms with Gasteiger partial charge in [0.15, 0.2) is 0 Å². The van der Waals surface area contributed by atoms with E-state index in [9.17, 15) is 0 Å². The third kappa shape index (κ3) is 3.38. The Balaban J connectivity index is 2.02. The molecule has 110 valence electrons. The number of hydrogen-bond acceptors (Lipinski definition) is 3. The number of aromatic nitrogens is 1. The van der Waals surface area contributed by atoms with Gasteiger partial charge in [0.25, 0.3) is 0 Å². The maximum Gasteiger partial charge on any atom is 0.0632 e. The van der Waals surface area contributed by atoms with Crippen LogP contribution in [-0.4, -0.2) is 36.1 Å². The van der Waals surface area contributed by atoms with Gasteiger partial charge in [-0.3, -0.25) is 9.88 Å². The van der Waals surface area contributed by atoms with Gasteiger partial charge in [-0.15, -0.1) is 0 Å². The molecular formula is C16H17Cl2N3. The van der Waals surface area contributed by atoms with Crippen LogP contribution < -0.4 is 5.32 Å². The molecule has 2 aromatic rings. The van der Waals surface area contributed by atoms with Crippen LogP contribution in [0.3, 0.4) is 0 Å². The highest BCUT2D eigenvalue weighted by Gasteiger charge is 2.25. The zero-order valence-electron chi connectivity index (χ0n) is 11.6. The van der Waals surface area contributed by atoms with Crippen LogP contribution in [0.15, 0.2) is 42.7 Å². The summed E-state index contributed by atoms with van der Waals surface area (Å²) in [6.45, 7) is 3.95. The third-order valence-electron chi connectivity index (χ3n) is 3.77. The monoisotopic (exact) mass is 321 g/mol. The molecule has 1 aliphatic rings. The highest BCUT2D eigenvalue weighted by Crippen LogP contribution is 2.34. The Morgan fingerprint density at radius 2 is 1.95 bits per heavy atom. The van der Waals surface area contributed by atoms with Crippen molar-refractivity contribution in [1.82, 2.24) is 15.2 Å². The minimum atomic E-state index is 0.116.